The van der Waals surface area contributed by atoms with Gasteiger partial charge in [-0.25, -0.2) is 0 Å². The first-order valence-electron chi connectivity index (χ1n) is 5.60. The van der Waals surface area contributed by atoms with E-state index in [1.165, 1.54) is 17.3 Å². The topological polar surface area (TPSA) is 45.1 Å². The Morgan fingerprint density at radius 3 is 2.65 bits per heavy atom. The van der Waals surface area contributed by atoms with Crippen molar-refractivity contribution in [3.8, 4) is 5.75 Å². The Bertz CT molecular complexity index is 506. The Labute approximate surface area is 101 Å². The van der Waals surface area contributed by atoms with Crippen LogP contribution in [0, 0.1) is 13.8 Å². The lowest BCUT2D eigenvalue weighted by molar-refractivity contribution is 0.472. The number of benzene rings is 1. The second-order valence-corrected chi connectivity index (χ2v) is 4.18. The van der Waals surface area contributed by atoms with E-state index in [1.54, 1.807) is 6.07 Å². The Morgan fingerprint density at radius 2 is 2.00 bits per heavy atom. The molecule has 0 unspecified atom stereocenters. The minimum Gasteiger partial charge on any atom is -0.506 e. The van der Waals surface area contributed by atoms with Crippen molar-refractivity contribution in [2.75, 3.05) is 5.32 Å². The normalized spacial score (nSPS) is 10.2. The zero-order valence-corrected chi connectivity index (χ0v) is 10.1. The number of hydrogen-bond donors (Lipinski definition) is 2. The molecule has 0 saturated carbocycles. The zero-order chi connectivity index (χ0) is 12.3. The smallest absolute Gasteiger partial charge is 0.133 e. The summed E-state index contributed by atoms with van der Waals surface area (Å²) >= 11 is 0. The molecule has 1 heterocycles. The molecule has 1 aromatic heterocycles. The van der Waals surface area contributed by atoms with Gasteiger partial charge in [-0.05, 0) is 37.6 Å². The van der Waals surface area contributed by atoms with Crippen LogP contribution in [0.25, 0.3) is 0 Å². The number of nitrogens with zero attached hydrogens (tertiary/aromatic N) is 1. The molecule has 0 aliphatic heterocycles. The summed E-state index contributed by atoms with van der Waals surface area (Å²) in [7, 11) is 0. The molecule has 3 heteroatoms. The zero-order valence-electron chi connectivity index (χ0n) is 10.1. The van der Waals surface area contributed by atoms with E-state index in [1.807, 2.05) is 6.07 Å². The molecule has 1 aromatic carbocycles. The van der Waals surface area contributed by atoms with Crippen molar-refractivity contribution < 1.29 is 5.11 Å². The lowest BCUT2D eigenvalue weighted by atomic mass is 10.1. The van der Waals surface area contributed by atoms with E-state index in [-0.39, 0.29) is 5.75 Å². The van der Waals surface area contributed by atoms with Crippen molar-refractivity contribution in [2.45, 2.75) is 20.4 Å². The van der Waals surface area contributed by atoms with E-state index in [2.05, 4.69) is 42.3 Å². The number of nitrogens with one attached hydrogen (secondary N) is 1. The molecule has 88 valence electrons. The Hall–Kier alpha value is -2.03. The fourth-order valence-corrected chi connectivity index (χ4v) is 1.72. The van der Waals surface area contributed by atoms with Crippen LogP contribution in [-0.4, -0.2) is 10.1 Å². The molecule has 2 N–H and O–H groups in total. The Balaban J connectivity index is 2.04. The number of pyridine rings is 1. The minimum absolute atomic E-state index is 0.195. The van der Waals surface area contributed by atoms with E-state index in [9.17, 15) is 0 Å². The van der Waals surface area contributed by atoms with Crippen LogP contribution in [0.2, 0.25) is 0 Å². The van der Waals surface area contributed by atoms with Gasteiger partial charge in [0.25, 0.3) is 0 Å². The summed E-state index contributed by atoms with van der Waals surface area (Å²) in [6.07, 6.45) is 1.46. The highest BCUT2D eigenvalue weighted by Gasteiger charge is 1.99. The van der Waals surface area contributed by atoms with Gasteiger partial charge in [0, 0.05) is 5.69 Å². The van der Waals surface area contributed by atoms with Crippen LogP contribution in [0.3, 0.4) is 0 Å². The van der Waals surface area contributed by atoms with Crippen LogP contribution < -0.4 is 5.32 Å². The maximum Gasteiger partial charge on any atom is 0.133 e. The molecular weight excluding hydrogens is 212 g/mol. The van der Waals surface area contributed by atoms with Gasteiger partial charge in [0.15, 0.2) is 0 Å². The molecule has 0 saturated heterocycles. The molecule has 0 radical (unpaired) electrons. The molecule has 0 atom stereocenters. The highest BCUT2D eigenvalue weighted by molar-refractivity contribution is 5.52. The predicted molar refractivity (Wildman–Crippen MR) is 69.1 cm³/mol. The summed E-state index contributed by atoms with van der Waals surface area (Å²) in [6.45, 7) is 4.82. The van der Waals surface area contributed by atoms with Crippen molar-refractivity contribution in [3.63, 3.8) is 0 Å². The van der Waals surface area contributed by atoms with E-state index in [0.29, 0.717) is 6.54 Å². The van der Waals surface area contributed by atoms with Gasteiger partial charge in [0.2, 0.25) is 0 Å². The average Bonchev–Trinajstić information content (AvgIpc) is 2.30. The summed E-state index contributed by atoms with van der Waals surface area (Å²) in [5, 5.41) is 12.5. The third kappa shape index (κ3) is 2.97. The molecule has 0 bridgehead atoms. The van der Waals surface area contributed by atoms with Crippen LogP contribution in [0.1, 0.15) is 16.8 Å². The van der Waals surface area contributed by atoms with E-state index >= 15 is 0 Å². The van der Waals surface area contributed by atoms with Crippen LogP contribution in [0.4, 0.5) is 5.69 Å². The number of rotatable bonds is 3. The van der Waals surface area contributed by atoms with Gasteiger partial charge in [-0.15, -0.1) is 0 Å². The van der Waals surface area contributed by atoms with Crippen molar-refractivity contribution in [1.82, 2.24) is 4.98 Å². The molecule has 0 amide bonds. The number of aryl methyl sites for hydroxylation is 2. The van der Waals surface area contributed by atoms with Gasteiger partial charge < -0.3 is 10.4 Å². The second kappa shape index (κ2) is 4.87. The summed E-state index contributed by atoms with van der Waals surface area (Å²) in [5.74, 6) is 0.195. The number of aromatic hydroxyl groups is 1. The monoisotopic (exact) mass is 228 g/mol. The third-order valence-corrected chi connectivity index (χ3v) is 2.65. The molecule has 3 nitrogen and oxygen atoms in total. The fourth-order valence-electron chi connectivity index (χ4n) is 1.72. The number of anilines is 1. The SMILES string of the molecule is Cc1ccc(NCc2ccc(O)cn2)c(C)c1. The molecule has 0 aliphatic carbocycles. The van der Waals surface area contributed by atoms with E-state index in [0.717, 1.165) is 11.4 Å². The van der Waals surface area contributed by atoms with E-state index < -0.39 is 0 Å². The largest absolute Gasteiger partial charge is 0.506 e. The molecule has 2 aromatic rings. The van der Waals surface area contributed by atoms with Gasteiger partial charge in [-0.2, -0.15) is 0 Å². The summed E-state index contributed by atoms with van der Waals surface area (Å²) < 4.78 is 0. The first kappa shape index (κ1) is 11.5. The van der Waals surface area contributed by atoms with Crippen molar-refractivity contribution in [3.05, 3.63) is 53.3 Å². The minimum atomic E-state index is 0.195. The maximum atomic E-state index is 9.13. The summed E-state index contributed by atoms with van der Waals surface area (Å²) in [4.78, 5) is 4.13. The highest BCUT2D eigenvalue weighted by Crippen LogP contribution is 2.17. The van der Waals surface area contributed by atoms with Gasteiger partial charge in [0.05, 0.1) is 18.4 Å². The average molecular weight is 228 g/mol. The van der Waals surface area contributed by atoms with E-state index in [4.69, 9.17) is 5.11 Å². The van der Waals surface area contributed by atoms with Gasteiger partial charge >= 0.3 is 0 Å². The van der Waals surface area contributed by atoms with Crippen molar-refractivity contribution in [1.29, 1.82) is 0 Å². The van der Waals surface area contributed by atoms with Crippen LogP contribution in [0.5, 0.6) is 5.75 Å². The van der Waals surface area contributed by atoms with Crippen molar-refractivity contribution >= 4 is 5.69 Å². The molecule has 0 aliphatic rings. The Kier molecular flexibility index (Phi) is 3.28. The fraction of sp³-hybridized carbons (Fsp3) is 0.214. The van der Waals surface area contributed by atoms with Gasteiger partial charge in [0.1, 0.15) is 5.75 Å². The molecule has 17 heavy (non-hydrogen) atoms. The standard InChI is InChI=1S/C14H16N2O/c1-10-3-6-14(11(2)7-10)16-8-12-4-5-13(17)9-15-12/h3-7,9,16-17H,8H2,1-2H3. The summed E-state index contributed by atoms with van der Waals surface area (Å²) in [6, 6.07) is 9.76. The van der Waals surface area contributed by atoms with Crippen LogP contribution >= 0.6 is 0 Å². The first-order chi connectivity index (χ1) is 8.15. The quantitative estimate of drug-likeness (QED) is 0.848. The lowest BCUT2D eigenvalue weighted by Crippen LogP contribution is -2.02. The van der Waals surface area contributed by atoms with Gasteiger partial charge in [-0.1, -0.05) is 17.7 Å². The number of hydrogen-bond acceptors (Lipinski definition) is 3. The lowest BCUT2D eigenvalue weighted by Gasteiger charge is -2.09. The van der Waals surface area contributed by atoms with Gasteiger partial charge in [-0.3, -0.25) is 4.98 Å². The molecular formula is C14H16N2O. The first-order valence-corrected chi connectivity index (χ1v) is 5.60. The highest BCUT2D eigenvalue weighted by atomic mass is 16.3. The van der Waals surface area contributed by atoms with Crippen LogP contribution in [0.15, 0.2) is 36.5 Å². The number of aromatic nitrogens is 1. The molecule has 2 rings (SSSR count). The Morgan fingerprint density at radius 1 is 1.18 bits per heavy atom. The third-order valence-electron chi connectivity index (χ3n) is 2.65. The second-order valence-electron chi connectivity index (χ2n) is 4.18. The van der Waals surface area contributed by atoms with Crippen molar-refractivity contribution in [2.24, 2.45) is 0 Å². The predicted octanol–water partition coefficient (Wildman–Crippen LogP) is 3.02. The summed E-state index contributed by atoms with van der Waals surface area (Å²) in [5.41, 5.74) is 4.51. The maximum absolute atomic E-state index is 9.13. The molecule has 0 fully saturated rings. The van der Waals surface area contributed by atoms with Crippen LogP contribution in [-0.2, 0) is 6.54 Å². The molecule has 0 spiro atoms.